The highest BCUT2D eigenvalue weighted by Crippen LogP contribution is 2.22. The van der Waals surface area contributed by atoms with Crippen LogP contribution in [0, 0.1) is 11.6 Å². The van der Waals surface area contributed by atoms with Gasteiger partial charge in [0.25, 0.3) is 0 Å². The van der Waals surface area contributed by atoms with E-state index < -0.39 is 27.6 Å². The maximum absolute atomic E-state index is 13.7. The second-order valence-electron chi connectivity index (χ2n) is 4.52. The third kappa shape index (κ3) is 5.57. The lowest BCUT2D eigenvalue weighted by Crippen LogP contribution is -2.36. The van der Waals surface area contributed by atoms with E-state index >= 15 is 0 Å². The van der Waals surface area contributed by atoms with E-state index in [4.69, 9.17) is 4.74 Å². The van der Waals surface area contributed by atoms with Crippen molar-refractivity contribution in [1.29, 1.82) is 0 Å². The predicted octanol–water partition coefficient (Wildman–Crippen LogP) is 0.883. The quantitative estimate of drug-likeness (QED) is 0.715. The number of methoxy groups -OCH3 is 1. The van der Waals surface area contributed by atoms with Gasteiger partial charge in [-0.2, -0.15) is 0 Å². The van der Waals surface area contributed by atoms with E-state index in [0.29, 0.717) is 19.2 Å². The molecule has 0 spiro atoms. The van der Waals surface area contributed by atoms with Crippen LogP contribution in [0.4, 0.5) is 14.5 Å². The highest BCUT2D eigenvalue weighted by Gasteiger charge is 2.21. The third-order valence-electron chi connectivity index (χ3n) is 2.75. The first-order chi connectivity index (χ1) is 10.3. The summed E-state index contributed by atoms with van der Waals surface area (Å²) < 4.78 is 55.7. The van der Waals surface area contributed by atoms with Crippen molar-refractivity contribution in [3.8, 4) is 0 Å². The number of sulfonamides is 1. The molecular formula is C13H18F2N2O4S. The molecule has 0 aliphatic rings. The van der Waals surface area contributed by atoms with Gasteiger partial charge in [-0.05, 0) is 12.1 Å². The monoisotopic (exact) mass is 336 g/mol. The lowest BCUT2D eigenvalue weighted by Gasteiger charge is -2.22. The molecular weight excluding hydrogens is 318 g/mol. The maximum atomic E-state index is 13.7. The first-order valence-electron chi connectivity index (χ1n) is 6.44. The Morgan fingerprint density at radius 1 is 1.36 bits per heavy atom. The SMILES string of the molecule is COCCNC(=O)CCN(c1ccc(F)cc1F)S(C)(=O)=O. The van der Waals surface area contributed by atoms with Crippen molar-refractivity contribution in [2.24, 2.45) is 0 Å². The molecule has 0 aromatic heterocycles. The van der Waals surface area contributed by atoms with E-state index in [1.165, 1.54) is 7.11 Å². The maximum Gasteiger partial charge on any atom is 0.232 e. The predicted molar refractivity (Wildman–Crippen MR) is 78.1 cm³/mol. The van der Waals surface area contributed by atoms with Crippen molar-refractivity contribution in [3.05, 3.63) is 29.8 Å². The number of nitrogens with one attached hydrogen (secondary N) is 1. The van der Waals surface area contributed by atoms with Gasteiger partial charge in [0.15, 0.2) is 0 Å². The van der Waals surface area contributed by atoms with Gasteiger partial charge >= 0.3 is 0 Å². The Labute approximate surface area is 128 Å². The molecule has 0 fully saturated rings. The Kier molecular flexibility index (Phi) is 6.69. The van der Waals surface area contributed by atoms with Gasteiger partial charge in [-0.3, -0.25) is 9.10 Å². The van der Waals surface area contributed by atoms with Gasteiger partial charge in [-0.25, -0.2) is 17.2 Å². The highest BCUT2D eigenvalue weighted by molar-refractivity contribution is 7.92. The van der Waals surface area contributed by atoms with Gasteiger partial charge in [-0.1, -0.05) is 0 Å². The standard InChI is InChI=1S/C13H18F2N2O4S/c1-21-8-6-16-13(18)5-7-17(22(2,19)20)12-4-3-10(14)9-11(12)15/h3-4,9H,5-8H2,1-2H3,(H,16,18). The zero-order valence-corrected chi connectivity index (χ0v) is 13.1. The van der Waals surface area contributed by atoms with Gasteiger partial charge < -0.3 is 10.1 Å². The topological polar surface area (TPSA) is 75.7 Å². The van der Waals surface area contributed by atoms with Crippen LogP contribution < -0.4 is 9.62 Å². The molecule has 1 rings (SSSR count). The van der Waals surface area contributed by atoms with Crippen molar-refractivity contribution in [2.45, 2.75) is 6.42 Å². The van der Waals surface area contributed by atoms with E-state index in [9.17, 15) is 22.0 Å². The number of halogens is 2. The molecule has 0 unspecified atom stereocenters. The Hall–Kier alpha value is -1.74. The largest absolute Gasteiger partial charge is 0.383 e. The summed E-state index contributed by atoms with van der Waals surface area (Å²) in [5, 5.41) is 2.53. The van der Waals surface area contributed by atoms with Crippen molar-refractivity contribution in [2.75, 3.05) is 37.4 Å². The molecule has 9 heteroatoms. The van der Waals surface area contributed by atoms with Crippen LogP contribution in [-0.2, 0) is 19.6 Å². The van der Waals surface area contributed by atoms with Gasteiger partial charge in [-0.15, -0.1) is 0 Å². The minimum atomic E-state index is -3.81. The zero-order chi connectivity index (χ0) is 16.8. The number of benzene rings is 1. The van der Waals surface area contributed by atoms with Crippen LogP contribution in [0.15, 0.2) is 18.2 Å². The van der Waals surface area contributed by atoms with Gasteiger partial charge in [0.2, 0.25) is 15.9 Å². The van der Waals surface area contributed by atoms with Gasteiger partial charge in [0, 0.05) is 32.7 Å². The summed E-state index contributed by atoms with van der Waals surface area (Å²) in [4.78, 5) is 11.6. The summed E-state index contributed by atoms with van der Waals surface area (Å²) in [6.45, 7) is 0.368. The minimum Gasteiger partial charge on any atom is -0.383 e. The summed E-state index contributed by atoms with van der Waals surface area (Å²) in [6.07, 6.45) is 0.728. The normalized spacial score (nSPS) is 11.3. The summed E-state index contributed by atoms with van der Waals surface area (Å²) >= 11 is 0. The second kappa shape index (κ2) is 8.04. The van der Waals surface area contributed by atoms with E-state index in [-0.39, 0.29) is 18.7 Å². The summed E-state index contributed by atoms with van der Waals surface area (Å²) in [5.41, 5.74) is -0.298. The molecule has 0 saturated heterocycles. The lowest BCUT2D eigenvalue weighted by atomic mass is 10.3. The molecule has 124 valence electrons. The fourth-order valence-corrected chi connectivity index (χ4v) is 2.66. The molecule has 1 aromatic carbocycles. The van der Waals surface area contributed by atoms with Crippen molar-refractivity contribution in [3.63, 3.8) is 0 Å². The van der Waals surface area contributed by atoms with E-state index in [1.54, 1.807) is 0 Å². The lowest BCUT2D eigenvalue weighted by molar-refractivity contribution is -0.121. The highest BCUT2D eigenvalue weighted by atomic mass is 32.2. The van der Waals surface area contributed by atoms with Crippen molar-refractivity contribution in [1.82, 2.24) is 5.32 Å². The van der Waals surface area contributed by atoms with Gasteiger partial charge in [0.1, 0.15) is 11.6 Å². The summed E-state index contributed by atoms with van der Waals surface area (Å²) in [6, 6.07) is 2.57. The third-order valence-corrected chi connectivity index (χ3v) is 3.93. The number of amides is 1. The Balaban J connectivity index is 2.81. The number of carbonyl (C=O) groups excluding carboxylic acids is 1. The molecule has 0 saturated carbocycles. The summed E-state index contributed by atoms with van der Waals surface area (Å²) in [7, 11) is -2.33. The van der Waals surface area contributed by atoms with Crippen LogP contribution in [0.3, 0.4) is 0 Å². The fraction of sp³-hybridized carbons (Fsp3) is 0.462. The number of hydrogen-bond donors (Lipinski definition) is 1. The van der Waals surface area contributed by atoms with Crippen LogP contribution in [0.25, 0.3) is 0 Å². The summed E-state index contributed by atoms with van der Waals surface area (Å²) in [5.74, 6) is -2.22. The van der Waals surface area contributed by atoms with Crippen LogP contribution in [0.2, 0.25) is 0 Å². The van der Waals surface area contributed by atoms with E-state index in [2.05, 4.69) is 5.32 Å². The smallest absolute Gasteiger partial charge is 0.232 e. The number of hydrogen-bond acceptors (Lipinski definition) is 4. The molecule has 0 aliphatic heterocycles. The Morgan fingerprint density at radius 2 is 2.05 bits per heavy atom. The molecule has 0 bridgehead atoms. The molecule has 1 N–H and O–H groups in total. The molecule has 22 heavy (non-hydrogen) atoms. The average Bonchev–Trinajstić information content (AvgIpc) is 2.40. The number of carbonyl (C=O) groups is 1. The second-order valence-corrected chi connectivity index (χ2v) is 6.43. The fourth-order valence-electron chi connectivity index (χ4n) is 1.73. The molecule has 0 atom stereocenters. The molecule has 0 radical (unpaired) electrons. The Morgan fingerprint density at radius 3 is 2.59 bits per heavy atom. The molecule has 1 aromatic rings. The van der Waals surface area contributed by atoms with Crippen LogP contribution >= 0.6 is 0 Å². The first kappa shape index (κ1) is 18.3. The number of anilines is 1. The van der Waals surface area contributed by atoms with E-state index in [1.807, 2.05) is 0 Å². The van der Waals surface area contributed by atoms with Crippen LogP contribution in [-0.4, -0.2) is 47.4 Å². The number of ether oxygens (including phenoxy) is 1. The average molecular weight is 336 g/mol. The molecule has 6 nitrogen and oxygen atoms in total. The Bertz CT molecular complexity index is 622. The van der Waals surface area contributed by atoms with Crippen LogP contribution in [0.5, 0.6) is 0 Å². The van der Waals surface area contributed by atoms with Crippen molar-refractivity contribution < 1.29 is 26.7 Å². The molecule has 0 aliphatic carbocycles. The first-order valence-corrected chi connectivity index (χ1v) is 8.29. The van der Waals surface area contributed by atoms with Gasteiger partial charge in [0.05, 0.1) is 18.6 Å². The molecule has 1 amide bonds. The number of rotatable bonds is 8. The zero-order valence-electron chi connectivity index (χ0n) is 12.3. The molecule has 0 heterocycles. The van der Waals surface area contributed by atoms with Crippen LogP contribution in [0.1, 0.15) is 6.42 Å². The number of nitrogens with zero attached hydrogens (tertiary/aromatic N) is 1. The van der Waals surface area contributed by atoms with E-state index in [0.717, 1.165) is 22.7 Å². The minimum absolute atomic E-state index is 0.159. The van der Waals surface area contributed by atoms with Crippen molar-refractivity contribution >= 4 is 21.6 Å².